The van der Waals surface area contributed by atoms with Gasteiger partial charge in [-0.15, -0.1) is 0 Å². The molecular formula is C26H28N2O5. The van der Waals surface area contributed by atoms with Crippen molar-refractivity contribution in [3.63, 3.8) is 0 Å². The molecule has 7 nitrogen and oxygen atoms in total. The summed E-state index contributed by atoms with van der Waals surface area (Å²) in [6.45, 7) is 0.750. The molecular weight excluding hydrogens is 420 g/mol. The van der Waals surface area contributed by atoms with Crippen LogP contribution in [0, 0.1) is 5.92 Å². The lowest BCUT2D eigenvalue weighted by atomic mass is 9.78. The largest absolute Gasteiger partial charge is 0.480 e. The molecule has 5 rings (SSSR count). The van der Waals surface area contributed by atoms with E-state index < -0.39 is 18.1 Å². The summed E-state index contributed by atoms with van der Waals surface area (Å²) in [6.07, 6.45) is 2.74. The topological polar surface area (TPSA) is 95.9 Å². The highest BCUT2D eigenvalue weighted by Gasteiger charge is 2.42. The van der Waals surface area contributed by atoms with E-state index in [-0.39, 0.29) is 30.4 Å². The van der Waals surface area contributed by atoms with Crippen LogP contribution in [0.25, 0.3) is 11.1 Å². The molecule has 1 saturated heterocycles. The van der Waals surface area contributed by atoms with Gasteiger partial charge in [-0.3, -0.25) is 4.79 Å². The van der Waals surface area contributed by atoms with E-state index >= 15 is 0 Å². The second-order valence-electron chi connectivity index (χ2n) is 9.22. The Morgan fingerprint density at radius 3 is 2.24 bits per heavy atom. The third-order valence-corrected chi connectivity index (χ3v) is 7.22. The van der Waals surface area contributed by atoms with Gasteiger partial charge in [-0.05, 0) is 54.4 Å². The second kappa shape index (κ2) is 8.89. The predicted octanol–water partition coefficient (Wildman–Crippen LogP) is 3.77. The zero-order chi connectivity index (χ0) is 22.9. The van der Waals surface area contributed by atoms with Crippen LogP contribution < -0.4 is 5.32 Å². The first-order valence-corrected chi connectivity index (χ1v) is 11.7. The first kappa shape index (κ1) is 21.5. The summed E-state index contributed by atoms with van der Waals surface area (Å²) in [7, 11) is 0. The van der Waals surface area contributed by atoms with Crippen LogP contribution in [0.1, 0.15) is 49.1 Å². The second-order valence-corrected chi connectivity index (χ2v) is 9.22. The molecule has 0 bridgehead atoms. The number of piperidine rings is 1. The number of aliphatic carboxylic acids is 1. The molecule has 172 valence electrons. The molecule has 1 atom stereocenters. The summed E-state index contributed by atoms with van der Waals surface area (Å²) in [5, 5.41) is 12.3. The Labute approximate surface area is 192 Å². The fraction of sp³-hybridized carbons (Fsp3) is 0.423. The summed E-state index contributed by atoms with van der Waals surface area (Å²) in [5.74, 6) is -1.27. The van der Waals surface area contributed by atoms with E-state index in [1.165, 1.54) is 16.0 Å². The molecule has 2 aromatic rings. The van der Waals surface area contributed by atoms with E-state index in [0.29, 0.717) is 25.8 Å². The van der Waals surface area contributed by atoms with Gasteiger partial charge in [0.2, 0.25) is 5.91 Å². The molecule has 1 heterocycles. The van der Waals surface area contributed by atoms with E-state index in [1.807, 2.05) is 24.3 Å². The van der Waals surface area contributed by atoms with Gasteiger partial charge >= 0.3 is 12.1 Å². The molecule has 2 aliphatic carbocycles. The van der Waals surface area contributed by atoms with Crippen molar-refractivity contribution in [2.45, 2.75) is 50.1 Å². The van der Waals surface area contributed by atoms with Gasteiger partial charge in [-0.25, -0.2) is 9.59 Å². The Morgan fingerprint density at radius 2 is 1.61 bits per heavy atom. The minimum atomic E-state index is -0.935. The number of rotatable bonds is 5. The average molecular weight is 449 g/mol. The van der Waals surface area contributed by atoms with Crippen LogP contribution in [-0.4, -0.2) is 53.2 Å². The molecule has 2 N–H and O–H groups in total. The van der Waals surface area contributed by atoms with Crippen LogP contribution >= 0.6 is 0 Å². The van der Waals surface area contributed by atoms with Crippen LogP contribution in [-0.2, 0) is 14.3 Å². The Morgan fingerprint density at radius 1 is 0.970 bits per heavy atom. The average Bonchev–Trinajstić information content (AvgIpc) is 3.13. The van der Waals surface area contributed by atoms with E-state index in [0.717, 1.165) is 24.0 Å². The number of alkyl carbamates (subject to hydrolysis) is 1. The molecule has 3 aliphatic rings. The van der Waals surface area contributed by atoms with Crippen molar-refractivity contribution in [1.82, 2.24) is 10.2 Å². The number of hydrogen-bond donors (Lipinski definition) is 2. The van der Waals surface area contributed by atoms with Crippen LogP contribution in [0.2, 0.25) is 0 Å². The van der Waals surface area contributed by atoms with Gasteiger partial charge in [0.05, 0.1) is 0 Å². The number of likely N-dealkylation sites (tertiary alicyclic amines) is 1. The molecule has 0 unspecified atom stereocenters. The molecule has 1 aliphatic heterocycles. The van der Waals surface area contributed by atoms with Gasteiger partial charge in [0.25, 0.3) is 0 Å². The maximum absolute atomic E-state index is 12.8. The number of nitrogens with one attached hydrogen (secondary N) is 1. The highest BCUT2D eigenvalue weighted by molar-refractivity contribution is 5.86. The highest BCUT2D eigenvalue weighted by Crippen LogP contribution is 2.44. The van der Waals surface area contributed by atoms with E-state index in [1.54, 1.807) is 0 Å². The molecule has 2 fully saturated rings. The molecule has 0 aromatic heterocycles. The number of carbonyl (C=O) groups is 3. The van der Waals surface area contributed by atoms with Crippen LogP contribution in [0.5, 0.6) is 0 Å². The normalized spacial score (nSPS) is 23.8. The summed E-state index contributed by atoms with van der Waals surface area (Å²) in [4.78, 5) is 38.2. The molecule has 1 saturated carbocycles. The molecule has 2 aromatic carbocycles. The number of benzene rings is 2. The zero-order valence-electron chi connectivity index (χ0n) is 18.4. The standard InChI is InChI=1S/C26H28N2O5/c29-24(28-12-6-5-11-23(28)25(30)31)16-13-17(14-16)27-26(32)33-15-22-20-9-3-1-7-18(20)19-8-2-4-10-21(19)22/h1-4,7-10,16-17,22-23H,5-6,11-15H2,(H,27,32)(H,30,31)/t16?,17?,23-/m1/s1. The van der Waals surface area contributed by atoms with Crippen molar-refractivity contribution in [3.8, 4) is 11.1 Å². The summed E-state index contributed by atoms with van der Waals surface area (Å²) in [5.41, 5.74) is 4.69. The Bertz CT molecular complexity index is 1030. The lowest BCUT2D eigenvalue weighted by Gasteiger charge is -2.41. The number of fused-ring (bicyclic) bond motifs is 3. The van der Waals surface area contributed by atoms with Gasteiger partial charge in [0, 0.05) is 24.4 Å². The molecule has 33 heavy (non-hydrogen) atoms. The monoisotopic (exact) mass is 448 g/mol. The Hall–Kier alpha value is -3.35. The fourth-order valence-corrected chi connectivity index (χ4v) is 5.43. The summed E-state index contributed by atoms with van der Waals surface area (Å²) >= 11 is 0. The number of amides is 2. The van der Waals surface area contributed by atoms with Gasteiger partial charge in [-0.2, -0.15) is 0 Å². The number of ether oxygens (including phenoxy) is 1. The smallest absolute Gasteiger partial charge is 0.407 e. The lowest BCUT2D eigenvalue weighted by Crippen LogP contribution is -2.55. The molecule has 7 heteroatoms. The number of carbonyl (C=O) groups excluding carboxylic acids is 2. The third kappa shape index (κ3) is 4.08. The van der Waals surface area contributed by atoms with Gasteiger partial charge in [-0.1, -0.05) is 48.5 Å². The van der Waals surface area contributed by atoms with Crippen LogP contribution in [0.3, 0.4) is 0 Å². The third-order valence-electron chi connectivity index (χ3n) is 7.22. The number of carboxylic acids is 1. The van der Waals surface area contributed by atoms with Crippen molar-refractivity contribution in [2.24, 2.45) is 5.92 Å². The Balaban J connectivity index is 1.13. The predicted molar refractivity (Wildman–Crippen MR) is 122 cm³/mol. The molecule has 0 radical (unpaired) electrons. The van der Waals surface area contributed by atoms with E-state index in [2.05, 4.69) is 29.6 Å². The zero-order valence-corrected chi connectivity index (χ0v) is 18.4. The van der Waals surface area contributed by atoms with E-state index in [4.69, 9.17) is 4.74 Å². The number of carboxylic acid groups (broad SMARTS) is 1. The summed E-state index contributed by atoms with van der Waals surface area (Å²) < 4.78 is 5.58. The number of hydrogen-bond acceptors (Lipinski definition) is 4. The number of nitrogens with zero attached hydrogens (tertiary/aromatic N) is 1. The minimum Gasteiger partial charge on any atom is -0.480 e. The van der Waals surface area contributed by atoms with Crippen LogP contribution in [0.4, 0.5) is 4.79 Å². The first-order valence-electron chi connectivity index (χ1n) is 11.7. The van der Waals surface area contributed by atoms with Crippen LogP contribution in [0.15, 0.2) is 48.5 Å². The van der Waals surface area contributed by atoms with Gasteiger partial charge < -0.3 is 20.1 Å². The lowest BCUT2D eigenvalue weighted by molar-refractivity contribution is -0.155. The minimum absolute atomic E-state index is 0.00548. The van der Waals surface area contributed by atoms with Gasteiger partial charge in [0.1, 0.15) is 12.6 Å². The Kier molecular flexibility index (Phi) is 5.79. The van der Waals surface area contributed by atoms with E-state index in [9.17, 15) is 19.5 Å². The molecule has 2 amide bonds. The maximum Gasteiger partial charge on any atom is 0.407 e. The SMILES string of the molecule is O=C(NC1CC(C(=O)N2CCCC[C@@H]2C(=O)O)C1)OCC1c2ccccc2-c2ccccc21. The van der Waals surface area contributed by atoms with Crippen molar-refractivity contribution in [2.75, 3.05) is 13.2 Å². The summed E-state index contributed by atoms with van der Waals surface area (Å²) in [6, 6.07) is 15.5. The molecule has 0 spiro atoms. The fourth-order valence-electron chi connectivity index (χ4n) is 5.43. The van der Waals surface area contributed by atoms with Crippen molar-refractivity contribution in [1.29, 1.82) is 0 Å². The quantitative estimate of drug-likeness (QED) is 0.726. The first-order chi connectivity index (χ1) is 16.0. The maximum atomic E-state index is 12.8. The van der Waals surface area contributed by atoms with Crippen molar-refractivity contribution < 1.29 is 24.2 Å². The van der Waals surface area contributed by atoms with Crippen molar-refractivity contribution in [3.05, 3.63) is 59.7 Å². The van der Waals surface area contributed by atoms with Crippen molar-refractivity contribution >= 4 is 18.0 Å². The highest BCUT2D eigenvalue weighted by atomic mass is 16.5. The van der Waals surface area contributed by atoms with Gasteiger partial charge in [0.15, 0.2) is 0 Å².